The minimum absolute atomic E-state index is 0.00537. The summed E-state index contributed by atoms with van der Waals surface area (Å²) in [6.07, 6.45) is 0.343. The molecule has 1 heterocycles. The first-order valence-corrected chi connectivity index (χ1v) is 6.07. The Hall–Kier alpha value is -2.97. The number of hydrogen-bond acceptors (Lipinski definition) is 6. The van der Waals surface area contributed by atoms with Crippen molar-refractivity contribution < 1.29 is 19.3 Å². The number of nitro benzene ring substituents is 1. The molecule has 1 aromatic carbocycles. The van der Waals surface area contributed by atoms with Crippen molar-refractivity contribution in [3.05, 3.63) is 33.9 Å². The lowest BCUT2D eigenvalue weighted by Gasteiger charge is -2.22. The third-order valence-electron chi connectivity index (χ3n) is 3.05. The van der Waals surface area contributed by atoms with Crippen LogP contribution in [0.4, 0.5) is 11.4 Å². The Kier molecular flexibility index (Phi) is 3.83. The lowest BCUT2D eigenvalue weighted by Crippen LogP contribution is -2.47. The minimum Gasteiger partial charge on any atom is -0.368 e. The van der Waals surface area contributed by atoms with Crippen LogP contribution < -0.4 is 16.4 Å². The smallest absolute Gasteiger partial charge is 0.292 e. The third kappa shape index (κ3) is 3.14. The summed E-state index contributed by atoms with van der Waals surface area (Å²) in [5.74, 6) is -1.69. The predicted molar refractivity (Wildman–Crippen MR) is 71.4 cm³/mol. The fraction of sp³-hybridized carbons (Fsp3) is 0.250. The second kappa shape index (κ2) is 5.57. The summed E-state index contributed by atoms with van der Waals surface area (Å²) in [6, 6.07) is 2.79. The number of carbonyl (C=O) groups excluding carboxylic acids is 3. The first kappa shape index (κ1) is 14.4. The van der Waals surface area contributed by atoms with Gasteiger partial charge in [-0.05, 0) is 18.6 Å². The Balaban J connectivity index is 2.30. The largest absolute Gasteiger partial charge is 0.368 e. The summed E-state index contributed by atoms with van der Waals surface area (Å²) in [4.78, 5) is 44.2. The molecule has 1 fully saturated rings. The molecule has 0 aliphatic carbocycles. The fourth-order valence-electron chi connectivity index (χ4n) is 1.98. The van der Waals surface area contributed by atoms with Crippen LogP contribution in [0.15, 0.2) is 18.2 Å². The molecule has 1 unspecified atom stereocenters. The van der Waals surface area contributed by atoms with Gasteiger partial charge in [0.2, 0.25) is 17.7 Å². The zero-order chi connectivity index (χ0) is 15.6. The van der Waals surface area contributed by atoms with E-state index in [9.17, 15) is 24.5 Å². The van der Waals surface area contributed by atoms with Gasteiger partial charge in [0.1, 0.15) is 11.7 Å². The summed E-state index contributed by atoms with van der Waals surface area (Å²) < 4.78 is 0. The highest BCUT2D eigenvalue weighted by atomic mass is 16.6. The molecule has 2 rings (SSSR count). The molecule has 0 radical (unpaired) electrons. The van der Waals surface area contributed by atoms with E-state index in [-0.39, 0.29) is 29.8 Å². The van der Waals surface area contributed by atoms with Gasteiger partial charge >= 0.3 is 0 Å². The molecular formula is C12H12N4O5. The summed E-state index contributed by atoms with van der Waals surface area (Å²) in [7, 11) is 0. The van der Waals surface area contributed by atoms with Gasteiger partial charge in [0, 0.05) is 18.1 Å². The van der Waals surface area contributed by atoms with Crippen molar-refractivity contribution in [3.8, 4) is 0 Å². The van der Waals surface area contributed by atoms with Crippen LogP contribution in [0.25, 0.3) is 0 Å². The lowest BCUT2D eigenvalue weighted by molar-refractivity contribution is -0.384. The number of piperidine rings is 1. The van der Waals surface area contributed by atoms with E-state index in [0.717, 1.165) is 6.07 Å². The molecule has 1 aliphatic rings. The number of nitrogens with two attached hydrogens (primary N) is 1. The number of nitrogens with one attached hydrogen (secondary N) is 2. The van der Waals surface area contributed by atoms with Gasteiger partial charge in [-0.2, -0.15) is 0 Å². The number of imide groups is 1. The van der Waals surface area contributed by atoms with Crippen LogP contribution in [-0.4, -0.2) is 28.7 Å². The number of primary amides is 1. The van der Waals surface area contributed by atoms with Crippen LogP contribution in [0, 0.1) is 10.1 Å². The molecule has 3 amide bonds. The average Bonchev–Trinajstić information content (AvgIpc) is 2.41. The molecular weight excluding hydrogens is 280 g/mol. The number of rotatable bonds is 4. The molecule has 4 N–H and O–H groups in total. The molecule has 1 aliphatic heterocycles. The maximum absolute atomic E-state index is 11.7. The quantitative estimate of drug-likeness (QED) is 0.402. The highest BCUT2D eigenvalue weighted by molar-refractivity contribution is 6.02. The summed E-state index contributed by atoms with van der Waals surface area (Å²) in [6.45, 7) is 0. The number of amides is 3. The van der Waals surface area contributed by atoms with Gasteiger partial charge in [-0.3, -0.25) is 29.8 Å². The maximum Gasteiger partial charge on any atom is 0.292 e. The van der Waals surface area contributed by atoms with Gasteiger partial charge in [0.25, 0.3) is 5.69 Å². The highest BCUT2D eigenvalue weighted by Crippen LogP contribution is 2.27. The molecule has 110 valence electrons. The second-order valence-corrected chi connectivity index (χ2v) is 4.50. The topological polar surface area (TPSA) is 144 Å². The Morgan fingerprint density at radius 2 is 2.14 bits per heavy atom. The number of nitrogens with zero attached hydrogens (tertiary/aromatic N) is 1. The van der Waals surface area contributed by atoms with Crippen molar-refractivity contribution in [1.82, 2.24) is 5.32 Å². The van der Waals surface area contributed by atoms with Crippen molar-refractivity contribution in [1.29, 1.82) is 0 Å². The molecule has 1 saturated heterocycles. The van der Waals surface area contributed by atoms with Gasteiger partial charge in [-0.25, -0.2) is 0 Å². The Morgan fingerprint density at radius 3 is 2.71 bits per heavy atom. The number of nitro groups is 1. The normalized spacial score (nSPS) is 18.0. The first-order chi connectivity index (χ1) is 9.88. The first-order valence-electron chi connectivity index (χ1n) is 6.07. The second-order valence-electron chi connectivity index (χ2n) is 4.50. The van der Waals surface area contributed by atoms with Crippen LogP contribution in [0.5, 0.6) is 0 Å². The van der Waals surface area contributed by atoms with Crippen LogP contribution in [0.1, 0.15) is 23.2 Å². The van der Waals surface area contributed by atoms with E-state index >= 15 is 0 Å². The van der Waals surface area contributed by atoms with Gasteiger partial charge < -0.3 is 11.1 Å². The molecule has 9 heteroatoms. The van der Waals surface area contributed by atoms with Crippen LogP contribution in [0.2, 0.25) is 0 Å². The van der Waals surface area contributed by atoms with E-state index in [4.69, 9.17) is 5.73 Å². The van der Waals surface area contributed by atoms with E-state index in [0.29, 0.717) is 0 Å². The van der Waals surface area contributed by atoms with Crippen LogP contribution >= 0.6 is 0 Å². The number of hydrogen-bond donors (Lipinski definition) is 3. The zero-order valence-corrected chi connectivity index (χ0v) is 10.8. The van der Waals surface area contributed by atoms with Crippen LogP contribution in [0.3, 0.4) is 0 Å². The zero-order valence-electron chi connectivity index (χ0n) is 10.8. The van der Waals surface area contributed by atoms with E-state index < -0.39 is 28.7 Å². The predicted octanol–water partition coefficient (Wildman–Crippen LogP) is -0.0892. The SMILES string of the molecule is NC(=O)c1ccc([N+](=O)[O-])c(NC2CCC(=O)NC2=O)c1. The van der Waals surface area contributed by atoms with Gasteiger partial charge in [-0.15, -0.1) is 0 Å². The average molecular weight is 292 g/mol. The molecule has 1 atom stereocenters. The van der Waals surface area contributed by atoms with Gasteiger partial charge in [0.05, 0.1) is 4.92 Å². The maximum atomic E-state index is 11.7. The van der Waals surface area contributed by atoms with E-state index in [1.54, 1.807) is 0 Å². The summed E-state index contributed by atoms with van der Waals surface area (Å²) in [5.41, 5.74) is 4.92. The molecule has 9 nitrogen and oxygen atoms in total. The van der Waals surface area contributed by atoms with Crippen molar-refractivity contribution in [2.75, 3.05) is 5.32 Å². The number of carbonyl (C=O) groups is 3. The Morgan fingerprint density at radius 1 is 1.43 bits per heavy atom. The molecule has 0 saturated carbocycles. The van der Waals surface area contributed by atoms with E-state index in [1.165, 1.54) is 12.1 Å². The Labute approximate surface area is 118 Å². The molecule has 0 spiro atoms. The Bertz CT molecular complexity index is 643. The van der Waals surface area contributed by atoms with Gasteiger partial charge in [-0.1, -0.05) is 0 Å². The van der Waals surface area contributed by atoms with E-state index in [1.807, 2.05) is 0 Å². The number of anilines is 1. The standard InChI is InChI=1S/C12H12N4O5/c13-11(18)6-1-3-9(16(20)21)8(5-6)14-7-2-4-10(17)15-12(7)19/h1,3,5,7,14H,2,4H2,(H2,13,18)(H,15,17,19). The van der Waals surface area contributed by atoms with Crippen molar-refractivity contribution in [2.45, 2.75) is 18.9 Å². The van der Waals surface area contributed by atoms with Crippen molar-refractivity contribution >= 4 is 29.1 Å². The molecule has 0 aromatic heterocycles. The third-order valence-corrected chi connectivity index (χ3v) is 3.05. The molecule has 1 aromatic rings. The van der Waals surface area contributed by atoms with Crippen molar-refractivity contribution in [3.63, 3.8) is 0 Å². The lowest BCUT2D eigenvalue weighted by atomic mass is 10.0. The van der Waals surface area contributed by atoms with E-state index in [2.05, 4.69) is 10.6 Å². The van der Waals surface area contributed by atoms with Gasteiger partial charge in [0.15, 0.2) is 0 Å². The van der Waals surface area contributed by atoms with Crippen LogP contribution in [-0.2, 0) is 9.59 Å². The highest BCUT2D eigenvalue weighted by Gasteiger charge is 2.28. The number of benzene rings is 1. The monoisotopic (exact) mass is 292 g/mol. The summed E-state index contributed by atoms with van der Waals surface area (Å²) in [5, 5.41) is 15.8. The summed E-state index contributed by atoms with van der Waals surface area (Å²) >= 11 is 0. The molecule has 0 bridgehead atoms. The fourth-order valence-corrected chi connectivity index (χ4v) is 1.98. The molecule has 21 heavy (non-hydrogen) atoms. The minimum atomic E-state index is -0.787. The van der Waals surface area contributed by atoms with Crippen molar-refractivity contribution in [2.24, 2.45) is 5.73 Å².